The Hall–Kier alpha value is 0.414. The van der Waals surface area contributed by atoms with Crippen molar-refractivity contribution in [3.8, 4) is 0 Å². The zero-order chi connectivity index (χ0) is 6.00. The van der Waals surface area contributed by atoms with Gasteiger partial charge >= 0.3 is 0 Å². The van der Waals surface area contributed by atoms with Crippen LogP contribution in [0.5, 0.6) is 0 Å². The minimum atomic E-state index is 0. The van der Waals surface area contributed by atoms with E-state index in [1.807, 2.05) is 13.8 Å². The topological polar surface area (TPSA) is 40.5 Å². The quantitative estimate of drug-likeness (QED) is 0.489. The average molecular weight is 153 g/mol. The molecule has 7 heavy (non-hydrogen) atoms. The Morgan fingerprint density at radius 1 is 0.714 bits per heavy atom. The van der Waals surface area contributed by atoms with Crippen molar-refractivity contribution in [3.63, 3.8) is 0 Å². The van der Waals surface area contributed by atoms with E-state index in [9.17, 15) is 0 Å². The second-order valence-corrected chi connectivity index (χ2v) is 0. The van der Waals surface area contributed by atoms with Crippen molar-refractivity contribution >= 4 is 0 Å². The number of hydrogen-bond acceptors (Lipinski definition) is 2. The SMILES string of the molecule is CC.CO.CO.[Ni]. The molecule has 0 radical (unpaired) electrons. The molecule has 0 aromatic rings. The second kappa shape index (κ2) is 1100. The van der Waals surface area contributed by atoms with Gasteiger partial charge in [0.25, 0.3) is 0 Å². The molecular formula is C4H14NiO2. The smallest absolute Gasteiger partial charge is 0.0319 e. The van der Waals surface area contributed by atoms with Crippen molar-refractivity contribution in [1.29, 1.82) is 0 Å². The summed E-state index contributed by atoms with van der Waals surface area (Å²) in [6, 6.07) is 0. The molecule has 0 bridgehead atoms. The van der Waals surface area contributed by atoms with E-state index in [0.29, 0.717) is 0 Å². The second-order valence-electron chi connectivity index (χ2n) is 0. The van der Waals surface area contributed by atoms with Gasteiger partial charge in [-0.25, -0.2) is 0 Å². The number of aliphatic hydroxyl groups excluding tert-OH is 2. The maximum atomic E-state index is 7.00. The summed E-state index contributed by atoms with van der Waals surface area (Å²) in [6.07, 6.45) is 0. The van der Waals surface area contributed by atoms with Crippen LogP contribution in [0.2, 0.25) is 0 Å². The molecule has 3 heteroatoms. The average Bonchev–Trinajstić information content (AvgIpc) is 1.81. The molecule has 0 amide bonds. The van der Waals surface area contributed by atoms with Gasteiger partial charge in [-0.1, -0.05) is 13.8 Å². The van der Waals surface area contributed by atoms with E-state index < -0.39 is 0 Å². The summed E-state index contributed by atoms with van der Waals surface area (Å²) in [5, 5.41) is 14.0. The maximum absolute atomic E-state index is 7.00. The van der Waals surface area contributed by atoms with E-state index in [1.165, 1.54) is 0 Å². The third-order valence-corrected chi connectivity index (χ3v) is 0. The molecule has 0 saturated carbocycles. The molecule has 0 spiro atoms. The number of rotatable bonds is 0. The maximum Gasteiger partial charge on any atom is 0.0319 e. The van der Waals surface area contributed by atoms with Gasteiger partial charge in [0.2, 0.25) is 0 Å². The van der Waals surface area contributed by atoms with E-state index >= 15 is 0 Å². The van der Waals surface area contributed by atoms with Crippen molar-refractivity contribution in [2.45, 2.75) is 13.8 Å². The summed E-state index contributed by atoms with van der Waals surface area (Å²) in [5.41, 5.74) is 0. The van der Waals surface area contributed by atoms with E-state index in [2.05, 4.69) is 0 Å². The van der Waals surface area contributed by atoms with E-state index in [-0.39, 0.29) is 16.5 Å². The molecule has 0 unspecified atom stereocenters. The molecule has 0 aromatic carbocycles. The summed E-state index contributed by atoms with van der Waals surface area (Å²) >= 11 is 0. The fourth-order valence-corrected chi connectivity index (χ4v) is 0. The third kappa shape index (κ3) is 731. The van der Waals surface area contributed by atoms with Crippen LogP contribution in [-0.4, -0.2) is 24.4 Å². The van der Waals surface area contributed by atoms with Crippen LogP contribution < -0.4 is 0 Å². The minimum Gasteiger partial charge on any atom is -0.400 e. The van der Waals surface area contributed by atoms with Gasteiger partial charge in [0.05, 0.1) is 0 Å². The molecule has 0 aliphatic heterocycles. The molecule has 0 aromatic heterocycles. The van der Waals surface area contributed by atoms with E-state index in [0.717, 1.165) is 14.2 Å². The summed E-state index contributed by atoms with van der Waals surface area (Å²) < 4.78 is 0. The Balaban J connectivity index is -0.00000000900. The van der Waals surface area contributed by atoms with Gasteiger partial charge in [0.15, 0.2) is 0 Å². The Bertz CT molecular complexity index is 9.65. The van der Waals surface area contributed by atoms with E-state index in [4.69, 9.17) is 10.2 Å². The van der Waals surface area contributed by atoms with Gasteiger partial charge in [-0.3, -0.25) is 0 Å². The fraction of sp³-hybridized carbons (Fsp3) is 1.00. The minimum absolute atomic E-state index is 0. The van der Waals surface area contributed by atoms with Crippen LogP contribution in [0.15, 0.2) is 0 Å². The van der Waals surface area contributed by atoms with Crippen molar-refractivity contribution in [1.82, 2.24) is 0 Å². The van der Waals surface area contributed by atoms with Crippen molar-refractivity contribution in [2.75, 3.05) is 14.2 Å². The first-order chi connectivity index (χ1) is 3.00. The summed E-state index contributed by atoms with van der Waals surface area (Å²) in [7, 11) is 2.00. The largest absolute Gasteiger partial charge is 0.400 e. The summed E-state index contributed by atoms with van der Waals surface area (Å²) in [6.45, 7) is 4.00. The van der Waals surface area contributed by atoms with Crippen molar-refractivity contribution in [2.24, 2.45) is 0 Å². The van der Waals surface area contributed by atoms with E-state index in [1.54, 1.807) is 0 Å². The van der Waals surface area contributed by atoms with Gasteiger partial charge in [0, 0.05) is 30.7 Å². The van der Waals surface area contributed by atoms with Crippen LogP contribution in [0, 0.1) is 0 Å². The molecule has 0 aliphatic carbocycles. The first kappa shape index (κ1) is 26.2. The monoisotopic (exact) mass is 152 g/mol. The van der Waals surface area contributed by atoms with Crippen molar-refractivity contribution < 1.29 is 26.7 Å². The predicted molar refractivity (Wildman–Crippen MR) is 27.6 cm³/mol. The Morgan fingerprint density at radius 2 is 0.714 bits per heavy atom. The van der Waals surface area contributed by atoms with Crippen LogP contribution in [0.25, 0.3) is 0 Å². The van der Waals surface area contributed by atoms with Crippen LogP contribution in [0.3, 0.4) is 0 Å². The molecule has 0 fully saturated rings. The fourth-order valence-electron chi connectivity index (χ4n) is 0. The molecule has 0 heterocycles. The standard InChI is InChI=1S/C2H6.2CH4O.Ni/c3*1-2;/h1-2H3;2*2H,1H3;. The van der Waals surface area contributed by atoms with Gasteiger partial charge in [0.1, 0.15) is 0 Å². The molecule has 0 atom stereocenters. The molecule has 2 nitrogen and oxygen atoms in total. The van der Waals surface area contributed by atoms with Crippen LogP contribution >= 0.6 is 0 Å². The molecule has 52 valence electrons. The Morgan fingerprint density at radius 3 is 0.714 bits per heavy atom. The van der Waals surface area contributed by atoms with Gasteiger partial charge in [-0.2, -0.15) is 0 Å². The molecule has 0 saturated heterocycles. The van der Waals surface area contributed by atoms with Crippen LogP contribution in [0.1, 0.15) is 13.8 Å². The zero-order valence-corrected chi connectivity index (χ0v) is 6.20. The Labute approximate surface area is 55.5 Å². The molecular weight excluding hydrogens is 139 g/mol. The normalized spacial score (nSPS) is 2.57. The first-order valence-corrected chi connectivity index (χ1v) is 1.89. The van der Waals surface area contributed by atoms with Gasteiger partial charge < -0.3 is 10.2 Å². The van der Waals surface area contributed by atoms with Crippen molar-refractivity contribution in [3.05, 3.63) is 0 Å². The Kier molecular flexibility index (Phi) is 4110. The third-order valence-electron chi connectivity index (χ3n) is 0. The predicted octanol–water partition coefficient (Wildman–Crippen LogP) is 0.241. The molecule has 0 aliphatic rings. The first-order valence-electron chi connectivity index (χ1n) is 1.89. The molecule has 0 rings (SSSR count). The molecule has 2 N–H and O–H groups in total. The van der Waals surface area contributed by atoms with Crippen LogP contribution in [0.4, 0.5) is 0 Å². The zero-order valence-electron chi connectivity index (χ0n) is 5.21. The summed E-state index contributed by atoms with van der Waals surface area (Å²) in [5.74, 6) is 0. The van der Waals surface area contributed by atoms with Crippen LogP contribution in [-0.2, 0) is 16.5 Å². The number of hydrogen-bond donors (Lipinski definition) is 2. The number of aliphatic hydroxyl groups is 2. The van der Waals surface area contributed by atoms with Gasteiger partial charge in [-0.15, -0.1) is 0 Å². The van der Waals surface area contributed by atoms with Gasteiger partial charge in [-0.05, 0) is 0 Å². The summed E-state index contributed by atoms with van der Waals surface area (Å²) in [4.78, 5) is 0.